The van der Waals surface area contributed by atoms with Crippen molar-refractivity contribution in [1.82, 2.24) is 0 Å². The number of fused-ring (bicyclic) bond motifs is 1. The van der Waals surface area contributed by atoms with Crippen LogP contribution in [0.4, 0.5) is 18.9 Å². The molecule has 3 aromatic carbocycles. The van der Waals surface area contributed by atoms with E-state index in [0.29, 0.717) is 5.75 Å². The fourth-order valence-corrected chi connectivity index (χ4v) is 2.53. The summed E-state index contributed by atoms with van der Waals surface area (Å²) >= 11 is 0. The summed E-state index contributed by atoms with van der Waals surface area (Å²) in [7, 11) is 0. The summed E-state index contributed by atoms with van der Waals surface area (Å²) in [5.74, 6) is 0.121. The van der Waals surface area contributed by atoms with E-state index in [9.17, 15) is 18.0 Å². The molecule has 0 spiro atoms. The number of rotatable bonds is 4. The molecule has 3 nitrogen and oxygen atoms in total. The molecule has 0 saturated carbocycles. The highest BCUT2D eigenvalue weighted by Gasteiger charge is 2.30. The first-order valence-corrected chi connectivity index (χ1v) is 7.97. The largest absolute Gasteiger partial charge is 0.480 e. The van der Waals surface area contributed by atoms with Gasteiger partial charge in [-0.3, -0.25) is 4.79 Å². The predicted octanol–water partition coefficient (Wildman–Crippen LogP) is 5.26. The summed E-state index contributed by atoms with van der Waals surface area (Å²) in [6, 6.07) is 17.4. The summed E-state index contributed by atoms with van der Waals surface area (Å²) in [4.78, 5) is 12.3. The van der Waals surface area contributed by atoms with Gasteiger partial charge >= 0.3 is 6.18 Å². The molecule has 3 aromatic rings. The average Bonchev–Trinajstić information content (AvgIpc) is 2.61. The van der Waals surface area contributed by atoms with Crippen molar-refractivity contribution < 1.29 is 22.7 Å². The number of carbonyl (C=O) groups excluding carboxylic acids is 1. The zero-order valence-corrected chi connectivity index (χ0v) is 13.9. The Bertz CT molecular complexity index is 915. The summed E-state index contributed by atoms with van der Waals surface area (Å²) < 4.78 is 43.5. The van der Waals surface area contributed by atoms with Crippen molar-refractivity contribution in [3.8, 4) is 5.75 Å². The van der Waals surface area contributed by atoms with Crippen LogP contribution < -0.4 is 10.1 Å². The molecule has 0 saturated heterocycles. The van der Waals surface area contributed by atoms with E-state index in [4.69, 9.17) is 4.74 Å². The molecule has 1 amide bonds. The van der Waals surface area contributed by atoms with E-state index in [1.54, 1.807) is 13.0 Å². The standard InChI is InChI=1S/C20H16F3NO2/c1-13(26-18-8-4-6-14-5-2-3-7-17(14)18)19(25)24-16-11-9-15(10-12-16)20(21,22)23/h2-13H,1H3,(H,24,25). The minimum atomic E-state index is -4.41. The third kappa shape index (κ3) is 3.96. The van der Waals surface area contributed by atoms with Gasteiger partial charge in [0.1, 0.15) is 5.75 Å². The van der Waals surface area contributed by atoms with Crippen molar-refractivity contribution in [2.24, 2.45) is 0 Å². The van der Waals surface area contributed by atoms with Crippen LogP contribution in [0, 0.1) is 0 Å². The molecule has 1 atom stereocenters. The van der Waals surface area contributed by atoms with Crippen molar-refractivity contribution in [2.45, 2.75) is 19.2 Å². The molecule has 0 aliphatic carbocycles. The summed E-state index contributed by atoms with van der Waals surface area (Å²) in [5, 5.41) is 4.42. The van der Waals surface area contributed by atoms with Crippen LogP contribution in [-0.4, -0.2) is 12.0 Å². The molecule has 0 aliphatic heterocycles. The topological polar surface area (TPSA) is 38.3 Å². The van der Waals surface area contributed by atoms with Gasteiger partial charge in [-0.25, -0.2) is 0 Å². The van der Waals surface area contributed by atoms with Crippen LogP contribution in [0.15, 0.2) is 66.7 Å². The van der Waals surface area contributed by atoms with Gasteiger partial charge in [0, 0.05) is 11.1 Å². The van der Waals surface area contributed by atoms with Crippen molar-refractivity contribution in [1.29, 1.82) is 0 Å². The Hall–Kier alpha value is -3.02. The summed E-state index contributed by atoms with van der Waals surface area (Å²) in [5.41, 5.74) is -0.494. The second-order valence-corrected chi connectivity index (χ2v) is 5.80. The summed E-state index contributed by atoms with van der Waals surface area (Å²) in [6.45, 7) is 1.58. The number of hydrogen-bond donors (Lipinski definition) is 1. The molecule has 26 heavy (non-hydrogen) atoms. The van der Waals surface area contributed by atoms with E-state index in [1.807, 2.05) is 36.4 Å². The van der Waals surface area contributed by atoms with Gasteiger partial charge in [0.05, 0.1) is 5.56 Å². The van der Waals surface area contributed by atoms with Crippen molar-refractivity contribution in [3.63, 3.8) is 0 Å². The van der Waals surface area contributed by atoms with Crippen LogP contribution in [0.5, 0.6) is 5.75 Å². The van der Waals surface area contributed by atoms with E-state index in [0.717, 1.165) is 22.9 Å². The molecule has 0 bridgehead atoms. The van der Waals surface area contributed by atoms with Crippen LogP contribution in [0.1, 0.15) is 12.5 Å². The fraction of sp³-hybridized carbons (Fsp3) is 0.150. The monoisotopic (exact) mass is 359 g/mol. The average molecular weight is 359 g/mol. The van der Waals surface area contributed by atoms with E-state index >= 15 is 0 Å². The zero-order valence-electron chi connectivity index (χ0n) is 13.9. The smallest absolute Gasteiger partial charge is 0.416 e. The van der Waals surface area contributed by atoms with Crippen LogP contribution >= 0.6 is 0 Å². The van der Waals surface area contributed by atoms with Crippen LogP contribution in [0.3, 0.4) is 0 Å². The number of halogens is 3. The molecular formula is C20H16F3NO2. The van der Waals surface area contributed by atoms with Gasteiger partial charge in [-0.2, -0.15) is 13.2 Å². The SMILES string of the molecule is CC(Oc1cccc2ccccc12)C(=O)Nc1ccc(C(F)(F)F)cc1. The maximum absolute atomic E-state index is 12.6. The number of hydrogen-bond acceptors (Lipinski definition) is 2. The molecule has 1 N–H and O–H groups in total. The minimum absolute atomic E-state index is 0.274. The predicted molar refractivity (Wildman–Crippen MR) is 94.1 cm³/mol. The number of ether oxygens (including phenoxy) is 1. The third-order valence-electron chi connectivity index (χ3n) is 3.90. The molecule has 0 fully saturated rings. The molecule has 1 unspecified atom stereocenters. The number of benzene rings is 3. The van der Waals surface area contributed by atoms with Gasteiger partial charge in [0.25, 0.3) is 5.91 Å². The molecule has 6 heteroatoms. The van der Waals surface area contributed by atoms with Crippen LogP contribution in [-0.2, 0) is 11.0 Å². The molecule has 0 aliphatic rings. The lowest BCUT2D eigenvalue weighted by atomic mass is 10.1. The molecule has 0 heterocycles. The van der Waals surface area contributed by atoms with E-state index in [-0.39, 0.29) is 5.69 Å². The molecule has 3 rings (SSSR count). The molecule has 0 radical (unpaired) electrons. The van der Waals surface area contributed by atoms with Gasteiger partial charge < -0.3 is 10.1 Å². The Morgan fingerprint density at radius 2 is 1.62 bits per heavy atom. The van der Waals surface area contributed by atoms with Gasteiger partial charge in [-0.15, -0.1) is 0 Å². The molecule has 0 aromatic heterocycles. The maximum Gasteiger partial charge on any atom is 0.416 e. The number of anilines is 1. The Labute approximate surface area is 148 Å². The zero-order chi connectivity index (χ0) is 18.7. The minimum Gasteiger partial charge on any atom is -0.480 e. The maximum atomic E-state index is 12.6. The Morgan fingerprint density at radius 1 is 0.962 bits per heavy atom. The first-order valence-electron chi connectivity index (χ1n) is 7.97. The van der Waals surface area contributed by atoms with Crippen molar-refractivity contribution >= 4 is 22.4 Å². The van der Waals surface area contributed by atoms with E-state index in [1.165, 1.54) is 12.1 Å². The van der Waals surface area contributed by atoms with Crippen LogP contribution in [0.25, 0.3) is 10.8 Å². The lowest BCUT2D eigenvalue weighted by Crippen LogP contribution is -2.30. The number of amides is 1. The Balaban J connectivity index is 1.70. The second kappa shape index (κ2) is 7.07. The van der Waals surface area contributed by atoms with Gasteiger partial charge in [0.15, 0.2) is 6.10 Å². The Morgan fingerprint density at radius 3 is 2.31 bits per heavy atom. The fourth-order valence-electron chi connectivity index (χ4n) is 2.53. The Kier molecular flexibility index (Phi) is 4.84. The lowest BCUT2D eigenvalue weighted by Gasteiger charge is -2.16. The quantitative estimate of drug-likeness (QED) is 0.690. The number of nitrogens with one attached hydrogen (secondary N) is 1. The lowest BCUT2D eigenvalue weighted by molar-refractivity contribution is -0.137. The van der Waals surface area contributed by atoms with Gasteiger partial charge in [0.2, 0.25) is 0 Å². The number of carbonyl (C=O) groups is 1. The highest BCUT2D eigenvalue weighted by molar-refractivity contribution is 5.95. The highest BCUT2D eigenvalue weighted by Crippen LogP contribution is 2.30. The molecular weight excluding hydrogens is 343 g/mol. The first-order chi connectivity index (χ1) is 12.3. The van der Waals surface area contributed by atoms with Gasteiger partial charge in [-0.1, -0.05) is 36.4 Å². The third-order valence-corrected chi connectivity index (χ3v) is 3.90. The highest BCUT2D eigenvalue weighted by atomic mass is 19.4. The second-order valence-electron chi connectivity index (χ2n) is 5.80. The van der Waals surface area contributed by atoms with E-state index < -0.39 is 23.8 Å². The first kappa shape index (κ1) is 17.8. The van der Waals surface area contributed by atoms with E-state index in [2.05, 4.69) is 5.32 Å². The normalized spacial score (nSPS) is 12.6. The molecule has 134 valence electrons. The summed E-state index contributed by atoms with van der Waals surface area (Å²) in [6.07, 6.45) is -5.23. The van der Waals surface area contributed by atoms with Crippen LogP contribution in [0.2, 0.25) is 0 Å². The van der Waals surface area contributed by atoms with Gasteiger partial charge in [-0.05, 0) is 42.6 Å². The van der Waals surface area contributed by atoms with Crippen molar-refractivity contribution in [2.75, 3.05) is 5.32 Å². The number of alkyl halides is 3. The van der Waals surface area contributed by atoms with Crippen molar-refractivity contribution in [3.05, 3.63) is 72.3 Å².